The van der Waals surface area contributed by atoms with Gasteiger partial charge in [-0.25, -0.2) is 9.97 Å². The summed E-state index contributed by atoms with van der Waals surface area (Å²) in [5.41, 5.74) is 3.26. The predicted octanol–water partition coefficient (Wildman–Crippen LogP) is 5.11. The predicted molar refractivity (Wildman–Crippen MR) is 140 cm³/mol. The maximum atomic E-state index is 13.1. The van der Waals surface area contributed by atoms with Crippen molar-refractivity contribution < 1.29 is 23.1 Å². The number of hydrogen-bond acceptors (Lipinski definition) is 5. The Hall–Kier alpha value is -4.22. The molecule has 1 aliphatic rings. The number of aromatic amines is 1. The van der Waals surface area contributed by atoms with E-state index in [-0.39, 0.29) is 17.7 Å². The van der Waals surface area contributed by atoms with Gasteiger partial charge in [0.2, 0.25) is 5.95 Å². The van der Waals surface area contributed by atoms with Crippen molar-refractivity contribution in [3.8, 4) is 11.1 Å². The van der Waals surface area contributed by atoms with Gasteiger partial charge in [-0.1, -0.05) is 24.3 Å². The maximum Gasteiger partial charge on any atom is 0.416 e. The fourth-order valence-corrected chi connectivity index (χ4v) is 4.90. The Morgan fingerprint density at radius 3 is 2.59 bits per heavy atom. The summed E-state index contributed by atoms with van der Waals surface area (Å²) in [5, 5.41) is 12.5. The number of rotatable bonds is 5. The van der Waals surface area contributed by atoms with Gasteiger partial charge in [-0.3, -0.25) is 15.0 Å². The number of carbonyl (C=O) groups is 1. The van der Waals surface area contributed by atoms with Crippen LogP contribution in [0.15, 0.2) is 66.9 Å². The molecule has 11 heteroatoms. The van der Waals surface area contributed by atoms with Crippen LogP contribution >= 0.6 is 0 Å². The highest BCUT2D eigenvalue weighted by Gasteiger charge is 2.30. The third-order valence-electron chi connectivity index (χ3n) is 6.99. The molecule has 3 N–H and O–H groups in total. The normalized spacial score (nSPS) is 15.3. The lowest BCUT2D eigenvalue weighted by Crippen LogP contribution is -2.35. The maximum absolute atomic E-state index is 13.1. The van der Waals surface area contributed by atoms with Gasteiger partial charge in [-0.05, 0) is 60.4 Å². The number of nitrogens with one attached hydrogen (secondary N) is 2. The minimum absolute atomic E-state index is 0.209. The Labute approximate surface area is 221 Å². The average molecular weight is 535 g/mol. The van der Waals surface area contributed by atoms with E-state index in [0.717, 1.165) is 43.8 Å². The monoisotopic (exact) mass is 534 g/mol. The van der Waals surface area contributed by atoms with Gasteiger partial charge in [0.15, 0.2) is 0 Å². The second kappa shape index (κ2) is 9.83. The van der Waals surface area contributed by atoms with Crippen LogP contribution in [0.25, 0.3) is 27.8 Å². The van der Waals surface area contributed by atoms with Gasteiger partial charge in [0, 0.05) is 31.5 Å². The van der Waals surface area contributed by atoms with Crippen molar-refractivity contribution in [2.24, 2.45) is 0 Å². The summed E-state index contributed by atoms with van der Waals surface area (Å²) >= 11 is 0. The van der Waals surface area contributed by atoms with E-state index in [1.54, 1.807) is 30.5 Å². The Balaban J connectivity index is 1.21. The number of hydrogen-bond donors (Lipinski definition) is 3. The highest BCUT2D eigenvalue weighted by Crippen LogP contribution is 2.33. The minimum Gasteiger partial charge on any atom is -0.393 e. The van der Waals surface area contributed by atoms with Crippen molar-refractivity contribution in [1.29, 1.82) is 0 Å². The highest BCUT2D eigenvalue weighted by atomic mass is 19.4. The SMILES string of the molecule is O=C(Nc1nc2cc(-c3cccc(C(F)(F)F)c3)ccc2[nH]1)c1cn2c(CN3CCC(O)CC3)cccc2n1. The molecule has 8 nitrogen and oxygen atoms in total. The van der Waals surface area contributed by atoms with Crippen LogP contribution in [0, 0.1) is 0 Å². The lowest BCUT2D eigenvalue weighted by Gasteiger charge is -2.29. The molecule has 1 amide bonds. The molecule has 1 saturated heterocycles. The smallest absolute Gasteiger partial charge is 0.393 e. The topological polar surface area (TPSA) is 98.5 Å². The Morgan fingerprint density at radius 2 is 1.79 bits per heavy atom. The van der Waals surface area contributed by atoms with Crippen LogP contribution in [0.2, 0.25) is 0 Å². The number of amides is 1. The molecule has 6 rings (SSSR count). The van der Waals surface area contributed by atoms with Gasteiger partial charge in [-0.2, -0.15) is 13.2 Å². The summed E-state index contributed by atoms with van der Waals surface area (Å²) in [6.45, 7) is 2.29. The fourth-order valence-electron chi connectivity index (χ4n) is 4.90. The lowest BCUT2D eigenvalue weighted by atomic mass is 10.0. The van der Waals surface area contributed by atoms with Crippen LogP contribution in [0.5, 0.6) is 0 Å². The van der Waals surface area contributed by atoms with Crippen molar-refractivity contribution >= 4 is 28.5 Å². The van der Waals surface area contributed by atoms with Crippen LogP contribution in [0.4, 0.5) is 19.1 Å². The molecule has 0 aliphatic carbocycles. The van der Waals surface area contributed by atoms with Crippen molar-refractivity contribution in [3.05, 3.63) is 83.8 Å². The first-order valence-corrected chi connectivity index (χ1v) is 12.6. The van der Waals surface area contributed by atoms with E-state index in [1.807, 2.05) is 22.6 Å². The number of fused-ring (bicyclic) bond motifs is 2. The summed E-state index contributed by atoms with van der Waals surface area (Å²) in [5.74, 6) is -0.233. The third-order valence-corrected chi connectivity index (χ3v) is 6.99. The van der Waals surface area contributed by atoms with Crippen LogP contribution in [0.3, 0.4) is 0 Å². The number of benzene rings is 2. The lowest BCUT2D eigenvalue weighted by molar-refractivity contribution is -0.137. The first kappa shape index (κ1) is 25.1. The number of halogens is 3. The second-order valence-electron chi connectivity index (χ2n) is 9.73. The summed E-state index contributed by atoms with van der Waals surface area (Å²) in [6.07, 6.45) is -1.50. The molecule has 5 aromatic rings. The Bertz CT molecular complexity index is 1670. The molecule has 0 atom stereocenters. The number of imidazole rings is 2. The van der Waals surface area contributed by atoms with Gasteiger partial charge in [0.25, 0.3) is 5.91 Å². The number of likely N-dealkylation sites (tertiary alicyclic amines) is 1. The molecule has 0 spiro atoms. The minimum atomic E-state index is -4.43. The number of carbonyl (C=O) groups excluding carboxylic acids is 1. The Kier molecular flexibility index (Phi) is 6.32. The number of aliphatic hydroxyl groups excluding tert-OH is 1. The molecular formula is C28H25F3N6O2. The Morgan fingerprint density at radius 1 is 1.03 bits per heavy atom. The van der Waals surface area contributed by atoms with Gasteiger partial charge in [-0.15, -0.1) is 0 Å². The number of alkyl halides is 3. The van der Waals surface area contributed by atoms with Gasteiger partial charge in [0.1, 0.15) is 11.3 Å². The molecule has 2 aromatic carbocycles. The molecule has 0 bridgehead atoms. The van der Waals surface area contributed by atoms with E-state index in [0.29, 0.717) is 34.4 Å². The van der Waals surface area contributed by atoms with Gasteiger partial charge in [0.05, 0.1) is 22.7 Å². The number of piperidine rings is 1. The highest BCUT2D eigenvalue weighted by molar-refractivity contribution is 6.03. The molecule has 0 radical (unpaired) electrons. The number of H-pyrrole nitrogens is 1. The van der Waals surface area contributed by atoms with E-state index in [1.165, 1.54) is 6.07 Å². The van der Waals surface area contributed by atoms with Crippen molar-refractivity contribution in [1.82, 2.24) is 24.3 Å². The number of pyridine rings is 1. The number of anilines is 1. The largest absolute Gasteiger partial charge is 0.416 e. The molecule has 1 fully saturated rings. The number of aromatic nitrogens is 4. The molecule has 0 unspecified atom stereocenters. The van der Waals surface area contributed by atoms with Crippen LogP contribution in [0.1, 0.15) is 34.6 Å². The second-order valence-corrected chi connectivity index (χ2v) is 9.73. The standard InChI is InChI=1S/C28H25F3N6O2/c29-28(30,31)19-4-1-3-17(13-19)18-7-8-22-23(14-18)34-27(33-22)35-26(39)24-16-37-20(5-2-6-25(37)32-24)15-36-11-9-21(38)10-12-36/h1-8,13-14,16,21,38H,9-12,15H2,(H2,33,34,35,39). The summed E-state index contributed by atoms with van der Waals surface area (Å²) in [6, 6.07) is 15.9. The molecule has 0 saturated carbocycles. The van der Waals surface area contributed by atoms with Gasteiger partial charge >= 0.3 is 6.18 Å². The first-order chi connectivity index (χ1) is 18.7. The van der Waals surface area contributed by atoms with Gasteiger partial charge < -0.3 is 14.5 Å². The summed E-state index contributed by atoms with van der Waals surface area (Å²) in [4.78, 5) is 27.2. The molecule has 4 heterocycles. The zero-order valence-corrected chi connectivity index (χ0v) is 20.7. The van der Waals surface area contributed by atoms with E-state index in [2.05, 4.69) is 25.2 Å². The molecule has 1 aliphatic heterocycles. The molecule has 200 valence electrons. The van der Waals surface area contributed by atoms with Crippen molar-refractivity contribution in [3.63, 3.8) is 0 Å². The van der Waals surface area contributed by atoms with Crippen LogP contribution < -0.4 is 5.32 Å². The quantitative estimate of drug-likeness (QED) is 0.291. The fraction of sp³-hybridized carbons (Fsp3) is 0.250. The van der Waals surface area contributed by atoms with Crippen LogP contribution in [-0.4, -0.2) is 54.5 Å². The first-order valence-electron chi connectivity index (χ1n) is 12.6. The zero-order valence-electron chi connectivity index (χ0n) is 20.7. The third kappa shape index (κ3) is 5.23. The summed E-state index contributed by atoms with van der Waals surface area (Å²) in [7, 11) is 0. The van der Waals surface area contributed by atoms with E-state index in [9.17, 15) is 23.1 Å². The number of aliphatic hydroxyl groups is 1. The summed E-state index contributed by atoms with van der Waals surface area (Å²) < 4.78 is 41.3. The number of nitrogens with zero attached hydrogens (tertiary/aromatic N) is 4. The molecule has 39 heavy (non-hydrogen) atoms. The molecular weight excluding hydrogens is 509 g/mol. The molecule has 3 aromatic heterocycles. The zero-order chi connectivity index (χ0) is 27.1. The van der Waals surface area contributed by atoms with Crippen LogP contribution in [-0.2, 0) is 12.7 Å². The van der Waals surface area contributed by atoms with E-state index in [4.69, 9.17) is 0 Å². The average Bonchev–Trinajstić information content (AvgIpc) is 3.53. The van der Waals surface area contributed by atoms with Crippen molar-refractivity contribution in [2.75, 3.05) is 18.4 Å². The van der Waals surface area contributed by atoms with E-state index < -0.39 is 17.6 Å². The van der Waals surface area contributed by atoms with Crippen molar-refractivity contribution in [2.45, 2.75) is 31.7 Å². The van der Waals surface area contributed by atoms with E-state index >= 15 is 0 Å².